The second-order valence-corrected chi connectivity index (χ2v) is 4.03. The van der Waals surface area contributed by atoms with Gasteiger partial charge in [-0.25, -0.2) is 4.98 Å². The molecule has 0 aliphatic heterocycles. The number of aryl methyl sites for hydroxylation is 1. The molecule has 0 aromatic carbocycles. The van der Waals surface area contributed by atoms with Crippen LogP contribution >= 0.6 is 0 Å². The van der Waals surface area contributed by atoms with Crippen LogP contribution in [0.25, 0.3) is 5.52 Å². The van der Waals surface area contributed by atoms with Gasteiger partial charge in [0, 0.05) is 17.7 Å². The molecule has 3 nitrogen and oxygen atoms in total. The van der Waals surface area contributed by atoms with Crippen molar-refractivity contribution in [3.63, 3.8) is 0 Å². The van der Waals surface area contributed by atoms with Crippen LogP contribution in [0.15, 0.2) is 24.5 Å². The van der Waals surface area contributed by atoms with Crippen molar-refractivity contribution in [1.82, 2.24) is 9.38 Å². The molecule has 0 aliphatic rings. The number of Topliss-reactive ketones (excluding diaryl/α,β-unsaturated/α-hetero) is 1. The van der Waals surface area contributed by atoms with Gasteiger partial charge in [0.15, 0.2) is 5.78 Å². The molecule has 0 unspecified atom stereocenters. The Kier molecular flexibility index (Phi) is 2.31. The molecule has 2 aromatic rings. The summed E-state index contributed by atoms with van der Waals surface area (Å²) in [4.78, 5) is 16.0. The summed E-state index contributed by atoms with van der Waals surface area (Å²) in [5.74, 6) is 1.15. The number of hydrogen-bond acceptors (Lipinski definition) is 2. The lowest BCUT2D eigenvalue weighted by Gasteiger charge is -2.04. The Morgan fingerprint density at radius 3 is 2.87 bits per heavy atom. The summed E-state index contributed by atoms with van der Waals surface area (Å²) in [7, 11) is 0. The Morgan fingerprint density at radius 2 is 2.20 bits per heavy atom. The summed E-state index contributed by atoms with van der Waals surface area (Å²) in [6, 6.07) is 3.74. The first-order valence-electron chi connectivity index (χ1n) is 5.07. The van der Waals surface area contributed by atoms with Gasteiger partial charge in [-0.3, -0.25) is 4.79 Å². The lowest BCUT2D eigenvalue weighted by atomic mass is 10.0. The molecule has 0 radical (unpaired) electrons. The van der Waals surface area contributed by atoms with E-state index in [1.165, 1.54) is 0 Å². The number of imidazole rings is 1. The van der Waals surface area contributed by atoms with Crippen LogP contribution in [0, 0.1) is 12.8 Å². The maximum Gasteiger partial charge on any atom is 0.165 e. The average Bonchev–Trinajstić information content (AvgIpc) is 2.59. The van der Waals surface area contributed by atoms with Gasteiger partial charge in [-0.05, 0) is 19.1 Å². The first-order valence-corrected chi connectivity index (χ1v) is 5.07. The predicted octanol–water partition coefficient (Wildman–Crippen LogP) is 2.48. The van der Waals surface area contributed by atoms with E-state index in [0.29, 0.717) is 0 Å². The standard InChI is InChI=1S/C12H14N2O/c1-8(2)12(15)10-4-5-14-9(3)13-7-11(14)6-10/h4-8H,1-3H3. The lowest BCUT2D eigenvalue weighted by molar-refractivity contribution is 0.0939. The Labute approximate surface area is 88.8 Å². The van der Waals surface area contributed by atoms with E-state index >= 15 is 0 Å². The van der Waals surface area contributed by atoms with Crippen LogP contribution in [0.3, 0.4) is 0 Å². The Hall–Kier alpha value is -1.64. The number of hydrogen-bond donors (Lipinski definition) is 0. The fourth-order valence-corrected chi connectivity index (χ4v) is 1.62. The molecular weight excluding hydrogens is 188 g/mol. The molecule has 0 spiro atoms. The summed E-state index contributed by atoms with van der Waals surface area (Å²) >= 11 is 0. The zero-order chi connectivity index (χ0) is 11.0. The van der Waals surface area contributed by atoms with Gasteiger partial charge in [-0.1, -0.05) is 13.8 Å². The zero-order valence-electron chi connectivity index (χ0n) is 9.19. The SMILES string of the molecule is Cc1ncc2cc(C(=O)C(C)C)ccn12. The number of nitrogens with zero attached hydrogens (tertiary/aromatic N) is 2. The maximum absolute atomic E-state index is 11.8. The van der Waals surface area contributed by atoms with E-state index in [4.69, 9.17) is 0 Å². The van der Waals surface area contributed by atoms with Crippen LogP contribution in [-0.4, -0.2) is 15.2 Å². The van der Waals surface area contributed by atoms with Crippen molar-refractivity contribution in [2.75, 3.05) is 0 Å². The minimum atomic E-state index is 0.0384. The third-order valence-electron chi connectivity index (χ3n) is 2.53. The normalized spacial score (nSPS) is 11.2. The molecule has 0 fully saturated rings. The van der Waals surface area contributed by atoms with Gasteiger partial charge in [-0.15, -0.1) is 0 Å². The lowest BCUT2D eigenvalue weighted by Crippen LogP contribution is -2.07. The van der Waals surface area contributed by atoms with E-state index in [0.717, 1.165) is 16.9 Å². The first-order chi connectivity index (χ1) is 7.09. The summed E-state index contributed by atoms with van der Waals surface area (Å²) in [5.41, 5.74) is 1.73. The number of fused-ring (bicyclic) bond motifs is 1. The van der Waals surface area contributed by atoms with E-state index in [1.807, 2.05) is 43.5 Å². The van der Waals surface area contributed by atoms with Crippen molar-refractivity contribution in [1.29, 1.82) is 0 Å². The zero-order valence-corrected chi connectivity index (χ0v) is 9.19. The van der Waals surface area contributed by atoms with Gasteiger partial charge in [0.25, 0.3) is 0 Å². The fourth-order valence-electron chi connectivity index (χ4n) is 1.62. The number of ketones is 1. The Balaban J connectivity index is 2.52. The molecule has 0 saturated carbocycles. The van der Waals surface area contributed by atoms with Gasteiger partial charge in [-0.2, -0.15) is 0 Å². The molecule has 0 bridgehead atoms. The van der Waals surface area contributed by atoms with Gasteiger partial charge < -0.3 is 4.40 Å². The van der Waals surface area contributed by atoms with Gasteiger partial charge in [0.05, 0.1) is 11.7 Å². The van der Waals surface area contributed by atoms with E-state index < -0.39 is 0 Å². The number of aromatic nitrogens is 2. The van der Waals surface area contributed by atoms with Gasteiger partial charge in [0.1, 0.15) is 5.82 Å². The number of carbonyl (C=O) groups excluding carboxylic acids is 1. The van der Waals surface area contributed by atoms with Crippen molar-refractivity contribution < 1.29 is 4.79 Å². The van der Waals surface area contributed by atoms with Crippen LogP contribution in [0.4, 0.5) is 0 Å². The average molecular weight is 202 g/mol. The number of carbonyl (C=O) groups is 1. The van der Waals surface area contributed by atoms with Crippen LogP contribution < -0.4 is 0 Å². The second kappa shape index (κ2) is 3.50. The highest BCUT2D eigenvalue weighted by atomic mass is 16.1. The smallest absolute Gasteiger partial charge is 0.165 e. The summed E-state index contributed by atoms with van der Waals surface area (Å²) < 4.78 is 1.97. The monoisotopic (exact) mass is 202 g/mol. The molecule has 2 heterocycles. The van der Waals surface area contributed by atoms with Crippen LogP contribution in [0.5, 0.6) is 0 Å². The number of pyridine rings is 1. The highest BCUT2D eigenvalue weighted by molar-refractivity contribution is 5.98. The van der Waals surface area contributed by atoms with E-state index in [1.54, 1.807) is 6.20 Å². The van der Waals surface area contributed by atoms with Gasteiger partial charge >= 0.3 is 0 Å². The molecule has 0 saturated heterocycles. The number of rotatable bonds is 2. The predicted molar refractivity (Wildman–Crippen MR) is 59.1 cm³/mol. The van der Waals surface area contributed by atoms with Crippen molar-refractivity contribution in [3.05, 3.63) is 35.9 Å². The molecule has 2 rings (SSSR count). The minimum absolute atomic E-state index is 0.0384. The first kappa shape index (κ1) is 9.90. The second-order valence-electron chi connectivity index (χ2n) is 4.03. The van der Waals surface area contributed by atoms with Crippen LogP contribution in [0.1, 0.15) is 30.0 Å². The molecule has 0 N–H and O–H groups in total. The topological polar surface area (TPSA) is 34.4 Å². The minimum Gasteiger partial charge on any atom is -0.304 e. The van der Waals surface area contributed by atoms with Crippen molar-refractivity contribution in [2.45, 2.75) is 20.8 Å². The molecule has 78 valence electrons. The summed E-state index contributed by atoms with van der Waals surface area (Å²) in [6.45, 7) is 5.76. The molecule has 0 aliphatic carbocycles. The molecule has 0 amide bonds. The summed E-state index contributed by atoms with van der Waals surface area (Å²) in [5, 5.41) is 0. The largest absolute Gasteiger partial charge is 0.304 e. The van der Waals surface area contributed by atoms with Crippen LogP contribution in [0.2, 0.25) is 0 Å². The molecule has 0 atom stereocenters. The third kappa shape index (κ3) is 1.65. The summed E-state index contributed by atoms with van der Waals surface area (Å²) in [6.07, 6.45) is 3.68. The fraction of sp³-hybridized carbons (Fsp3) is 0.333. The molecule has 15 heavy (non-hydrogen) atoms. The maximum atomic E-state index is 11.8. The molecule has 2 aromatic heterocycles. The van der Waals surface area contributed by atoms with E-state index in [9.17, 15) is 4.79 Å². The third-order valence-corrected chi connectivity index (χ3v) is 2.53. The quantitative estimate of drug-likeness (QED) is 0.701. The highest BCUT2D eigenvalue weighted by Crippen LogP contribution is 2.13. The highest BCUT2D eigenvalue weighted by Gasteiger charge is 2.11. The van der Waals surface area contributed by atoms with Crippen molar-refractivity contribution in [2.24, 2.45) is 5.92 Å². The molecule has 3 heteroatoms. The van der Waals surface area contributed by atoms with E-state index in [-0.39, 0.29) is 11.7 Å². The van der Waals surface area contributed by atoms with Crippen LogP contribution in [-0.2, 0) is 0 Å². The van der Waals surface area contributed by atoms with Crippen molar-refractivity contribution in [3.8, 4) is 0 Å². The Bertz CT molecular complexity index is 511. The van der Waals surface area contributed by atoms with Crippen molar-refractivity contribution >= 4 is 11.3 Å². The van der Waals surface area contributed by atoms with Gasteiger partial charge in [0.2, 0.25) is 0 Å². The Morgan fingerprint density at radius 1 is 1.47 bits per heavy atom. The van der Waals surface area contributed by atoms with E-state index in [2.05, 4.69) is 4.98 Å². The molecular formula is C12H14N2O.